The number of carbonyl (C=O) groups excluding carboxylic acids is 2. The van der Waals surface area contributed by atoms with Crippen molar-refractivity contribution in [2.45, 2.75) is 102 Å². The van der Waals surface area contributed by atoms with Gasteiger partial charge in [-0.3, -0.25) is 9.59 Å². The number of unbranched alkanes of at least 4 members (excludes halogenated alkanes) is 1. The fraction of sp³-hybridized carbons (Fsp3) is 0.409. The first-order valence-corrected chi connectivity index (χ1v) is 19.0. The summed E-state index contributed by atoms with van der Waals surface area (Å²) < 4.78 is 6.03. The number of rotatable bonds is 20. The van der Waals surface area contributed by atoms with Crippen molar-refractivity contribution in [1.82, 2.24) is 4.98 Å². The number of benzene rings is 3. The molecule has 0 radical (unpaired) electrons. The van der Waals surface area contributed by atoms with E-state index in [9.17, 15) is 24.9 Å². The maximum atomic E-state index is 13.3. The lowest BCUT2D eigenvalue weighted by atomic mass is 9.80. The van der Waals surface area contributed by atoms with Crippen LogP contribution in [0.3, 0.4) is 0 Å². The molecule has 8 N–H and O–H groups in total. The molecule has 9 heteroatoms. The van der Waals surface area contributed by atoms with E-state index in [-0.39, 0.29) is 47.6 Å². The molecule has 3 aromatic carbocycles. The molecule has 0 amide bonds. The second-order valence-electron chi connectivity index (χ2n) is 14.7. The van der Waals surface area contributed by atoms with Crippen molar-refractivity contribution in [2.75, 3.05) is 6.61 Å². The van der Waals surface area contributed by atoms with E-state index in [0.29, 0.717) is 36.1 Å². The van der Waals surface area contributed by atoms with Crippen LogP contribution in [0.5, 0.6) is 17.2 Å². The number of hydrogen-bond acceptors (Lipinski definition) is 8. The zero-order valence-electron chi connectivity index (χ0n) is 30.8. The lowest BCUT2D eigenvalue weighted by Crippen LogP contribution is -2.20. The highest BCUT2D eigenvalue weighted by Gasteiger charge is 2.30. The molecule has 2 atom stereocenters. The summed E-state index contributed by atoms with van der Waals surface area (Å²) in [5, 5.41) is 31.2. The Balaban J connectivity index is 1.20. The number of Topliss-reactive ketones (excluding diaryl/α,β-unsaturated/α-hetero) is 1. The van der Waals surface area contributed by atoms with Gasteiger partial charge in [-0.1, -0.05) is 74.2 Å². The van der Waals surface area contributed by atoms with Gasteiger partial charge in [0.2, 0.25) is 0 Å². The second-order valence-corrected chi connectivity index (χ2v) is 14.7. The molecule has 1 aromatic heterocycles. The molecule has 1 aliphatic rings. The number of aromatic amines is 1. The van der Waals surface area contributed by atoms with Gasteiger partial charge in [0.25, 0.3) is 0 Å². The quantitative estimate of drug-likeness (QED) is 0.0231. The maximum Gasteiger partial charge on any atom is 0.165 e. The number of phenols is 2. The molecule has 282 valence electrons. The first-order chi connectivity index (χ1) is 25.5. The standard InChI is InChI=1S/C44H55N3O6/c1-30(48)6-2-3-20-44(21-4-5-22-44)23-17-36(49)14-7-31-9-16-40(51)42(27-31)53-25-19-32-8-15-39(50)38(26-32)37(28-41(52)35-18-24-47-29-35)33-10-12-34(13-11-33)43(45)46/h8-13,15-18,23-24,26-27,29-30,37,43,47-48,50-51H,2-7,14,19-22,25,28,45-46H2,1H3/b23-17+/t30-,37+/m0/s1. The molecule has 1 aliphatic carbocycles. The van der Waals surface area contributed by atoms with E-state index < -0.39 is 12.1 Å². The summed E-state index contributed by atoms with van der Waals surface area (Å²) in [5.41, 5.74) is 16.4. The Hall–Kier alpha value is -4.70. The van der Waals surface area contributed by atoms with E-state index in [1.807, 2.05) is 49.4 Å². The summed E-state index contributed by atoms with van der Waals surface area (Å²) >= 11 is 0. The third-order valence-corrected chi connectivity index (χ3v) is 10.6. The summed E-state index contributed by atoms with van der Waals surface area (Å²) in [6, 6.07) is 19.8. The van der Waals surface area contributed by atoms with Crippen LogP contribution in [0.15, 0.2) is 91.3 Å². The van der Waals surface area contributed by atoms with Crippen molar-refractivity contribution in [3.05, 3.63) is 125 Å². The molecule has 0 spiro atoms. The number of carbonyl (C=O) groups is 2. The van der Waals surface area contributed by atoms with Crippen LogP contribution in [0, 0.1) is 5.41 Å². The molecule has 1 heterocycles. The molecule has 5 rings (SSSR count). The number of allylic oxidation sites excluding steroid dienone is 2. The van der Waals surface area contributed by atoms with Gasteiger partial charge in [0.15, 0.2) is 23.1 Å². The first kappa shape index (κ1) is 39.5. The molecule has 1 saturated carbocycles. The Labute approximate surface area is 313 Å². The van der Waals surface area contributed by atoms with Crippen LogP contribution in [0.1, 0.15) is 121 Å². The van der Waals surface area contributed by atoms with Crippen LogP contribution in [0.4, 0.5) is 0 Å². The largest absolute Gasteiger partial charge is 0.508 e. The van der Waals surface area contributed by atoms with Gasteiger partial charge in [-0.05, 0) is 97.0 Å². The first-order valence-electron chi connectivity index (χ1n) is 19.0. The Morgan fingerprint density at radius 3 is 2.28 bits per heavy atom. The average Bonchev–Trinajstić information content (AvgIpc) is 3.86. The van der Waals surface area contributed by atoms with Crippen LogP contribution in [0.25, 0.3) is 0 Å². The highest BCUT2D eigenvalue weighted by molar-refractivity contribution is 5.96. The van der Waals surface area contributed by atoms with Crippen LogP contribution in [-0.2, 0) is 17.6 Å². The number of aliphatic hydroxyl groups excluding tert-OH is 1. The van der Waals surface area contributed by atoms with Gasteiger partial charge >= 0.3 is 0 Å². The van der Waals surface area contributed by atoms with Gasteiger partial charge in [-0.2, -0.15) is 0 Å². The molecule has 4 aromatic rings. The lowest BCUT2D eigenvalue weighted by Gasteiger charge is -2.25. The van der Waals surface area contributed by atoms with Crippen molar-refractivity contribution < 1.29 is 29.6 Å². The van der Waals surface area contributed by atoms with E-state index in [0.717, 1.165) is 60.8 Å². The molecule has 0 unspecified atom stereocenters. The number of ketones is 2. The zero-order valence-corrected chi connectivity index (χ0v) is 30.8. The van der Waals surface area contributed by atoms with Gasteiger partial charge in [0, 0.05) is 48.7 Å². The van der Waals surface area contributed by atoms with Crippen molar-refractivity contribution in [2.24, 2.45) is 16.9 Å². The topological polar surface area (TPSA) is 172 Å². The third kappa shape index (κ3) is 11.4. The number of nitrogens with one attached hydrogen (secondary N) is 1. The normalized spacial score (nSPS) is 15.2. The fourth-order valence-electron chi connectivity index (χ4n) is 7.42. The maximum absolute atomic E-state index is 13.3. The highest BCUT2D eigenvalue weighted by Crippen LogP contribution is 2.44. The Morgan fingerprint density at radius 1 is 0.906 bits per heavy atom. The summed E-state index contributed by atoms with van der Waals surface area (Å²) in [6.07, 6.45) is 16.5. The number of hydrogen-bond donors (Lipinski definition) is 6. The van der Waals surface area contributed by atoms with Gasteiger partial charge in [-0.25, -0.2) is 0 Å². The predicted octanol–water partition coefficient (Wildman–Crippen LogP) is 7.93. The summed E-state index contributed by atoms with van der Waals surface area (Å²) in [7, 11) is 0. The molecule has 0 saturated heterocycles. The van der Waals surface area contributed by atoms with E-state index >= 15 is 0 Å². The number of aliphatic hydroxyl groups is 1. The van der Waals surface area contributed by atoms with E-state index in [1.165, 1.54) is 12.8 Å². The average molecular weight is 722 g/mol. The summed E-state index contributed by atoms with van der Waals surface area (Å²) in [4.78, 5) is 29.1. The monoisotopic (exact) mass is 721 g/mol. The van der Waals surface area contributed by atoms with Crippen molar-refractivity contribution in [3.63, 3.8) is 0 Å². The van der Waals surface area contributed by atoms with Crippen molar-refractivity contribution in [3.8, 4) is 17.2 Å². The lowest BCUT2D eigenvalue weighted by molar-refractivity contribution is -0.114. The van der Waals surface area contributed by atoms with Crippen LogP contribution in [0.2, 0.25) is 0 Å². The Bertz CT molecular complexity index is 1810. The van der Waals surface area contributed by atoms with Gasteiger partial charge in [-0.15, -0.1) is 0 Å². The van der Waals surface area contributed by atoms with Crippen LogP contribution < -0.4 is 16.2 Å². The number of ether oxygens (including phenoxy) is 1. The molecule has 1 fully saturated rings. The van der Waals surface area contributed by atoms with Crippen molar-refractivity contribution in [1.29, 1.82) is 0 Å². The number of aromatic hydroxyl groups is 2. The molecular weight excluding hydrogens is 666 g/mol. The fourth-order valence-corrected chi connectivity index (χ4v) is 7.42. The predicted molar refractivity (Wildman–Crippen MR) is 208 cm³/mol. The summed E-state index contributed by atoms with van der Waals surface area (Å²) in [5.74, 6) is 0.0562. The highest BCUT2D eigenvalue weighted by atomic mass is 16.5. The van der Waals surface area contributed by atoms with Crippen molar-refractivity contribution >= 4 is 11.6 Å². The van der Waals surface area contributed by atoms with E-state index in [1.54, 1.807) is 42.7 Å². The number of aromatic nitrogens is 1. The minimum absolute atomic E-state index is 0.0223. The number of phenolic OH excluding ortho intramolecular Hbond substituents is 2. The summed E-state index contributed by atoms with van der Waals surface area (Å²) in [6.45, 7) is 2.09. The van der Waals surface area contributed by atoms with Crippen LogP contribution in [-0.4, -0.2) is 44.6 Å². The number of nitrogens with two attached hydrogens (primary N) is 2. The molecule has 53 heavy (non-hydrogen) atoms. The molecule has 9 nitrogen and oxygen atoms in total. The molecule has 0 bridgehead atoms. The number of aryl methyl sites for hydroxylation is 1. The molecule has 0 aliphatic heterocycles. The Morgan fingerprint density at radius 2 is 1.60 bits per heavy atom. The van der Waals surface area contributed by atoms with Crippen LogP contribution >= 0.6 is 0 Å². The second kappa shape index (κ2) is 18.9. The van der Waals surface area contributed by atoms with E-state index in [2.05, 4.69) is 11.1 Å². The van der Waals surface area contributed by atoms with Gasteiger partial charge in [0.05, 0.1) is 18.9 Å². The Kier molecular flexibility index (Phi) is 14.1. The third-order valence-electron chi connectivity index (χ3n) is 10.6. The van der Waals surface area contributed by atoms with Gasteiger partial charge < -0.3 is 36.5 Å². The minimum atomic E-state index is -0.622. The van der Waals surface area contributed by atoms with Gasteiger partial charge in [0.1, 0.15) is 5.75 Å². The SMILES string of the molecule is C[C@H](O)CCCCC1(/C=C/C(=O)CCc2ccc(O)c(OCCc3ccc(O)c([C@H](CC(=O)c4cc[nH]c4)c4ccc(C(N)N)cc4)c3)c2)CCCC1. The zero-order chi connectivity index (χ0) is 37.8. The number of H-pyrrole nitrogens is 1. The minimum Gasteiger partial charge on any atom is -0.508 e. The van der Waals surface area contributed by atoms with E-state index in [4.69, 9.17) is 16.2 Å². The smallest absolute Gasteiger partial charge is 0.165 e. The molecular formula is C44H55N3O6.